The quantitative estimate of drug-likeness (QED) is 0.527. The van der Waals surface area contributed by atoms with Gasteiger partial charge in [0, 0.05) is 4.88 Å². The molecule has 1 aromatic heterocycles. The summed E-state index contributed by atoms with van der Waals surface area (Å²) < 4.78 is 5.45. The van der Waals surface area contributed by atoms with Crippen molar-refractivity contribution in [2.45, 2.75) is 46.1 Å². The number of anilines is 2. The molecule has 2 N–H and O–H groups in total. The zero-order valence-electron chi connectivity index (χ0n) is 15.8. The van der Waals surface area contributed by atoms with Crippen molar-refractivity contribution in [1.29, 1.82) is 0 Å². The minimum Gasteiger partial charge on any atom is -0.456 e. The minimum absolute atomic E-state index is 0.202. The van der Waals surface area contributed by atoms with Crippen LogP contribution in [0.15, 0.2) is 24.3 Å². The van der Waals surface area contributed by atoms with Crippen LogP contribution in [0.25, 0.3) is 0 Å². The Morgan fingerprint density at radius 3 is 2.22 bits per heavy atom. The van der Waals surface area contributed by atoms with E-state index in [9.17, 15) is 9.59 Å². The van der Waals surface area contributed by atoms with Gasteiger partial charge in [0.15, 0.2) is 0 Å². The average Bonchev–Trinajstić information content (AvgIpc) is 2.93. The number of urea groups is 1. The lowest BCUT2D eigenvalue weighted by atomic mass is 10.1. The Morgan fingerprint density at radius 1 is 1.11 bits per heavy atom. The summed E-state index contributed by atoms with van der Waals surface area (Å²) >= 11 is 13.5. The second-order valence-electron chi connectivity index (χ2n) is 7.22. The highest BCUT2D eigenvalue weighted by molar-refractivity contribution is 7.16. The average molecular weight is 429 g/mol. The maximum atomic E-state index is 12.5. The van der Waals surface area contributed by atoms with Gasteiger partial charge < -0.3 is 10.1 Å². The molecule has 0 aliphatic rings. The van der Waals surface area contributed by atoms with Gasteiger partial charge in [-0.15, -0.1) is 11.3 Å². The Bertz CT molecular complexity index is 837. The number of ether oxygens (including phenoxy) is 1. The molecule has 2 rings (SSSR count). The summed E-state index contributed by atoms with van der Waals surface area (Å²) in [5.41, 5.74) is -0.0152. The Hall–Kier alpha value is -1.76. The number of hydrogen-bond acceptors (Lipinski definition) is 4. The number of benzene rings is 1. The first kappa shape index (κ1) is 21.5. The predicted octanol–water partition coefficient (Wildman–Crippen LogP) is 6.78. The molecule has 8 heteroatoms. The van der Waals surface area contributed by atoms with Crippen LogP contribution in [0.3, 0.4) is 0 Å². The number of para-hydroxylation sites is 1. The summed E-state index contributed by atoms with van der Waals surface area (Å²) in [6.45, 7) is 9.40. The molecule has 1 heterocycles. The summed E-state index contributed by atoms with van der Waals surface area (Å²) in [7, 11) is 0. The molecule has 0 saturated heterocycles. The van der Waals surface area contributed by atoms with E-state index in [-0.39, 0.29) is 5.92 Å². The largest absolute Gasteiger partial charge is 0.456 e. The smallest absolute Gasteiger partial charge is 0.341 e. The van der Waals surface area contributed by atoms with Crippen molar-refractivity contribution in [1.82, 2.24) is 0 Å². The molecule has 0 atom stereocenters. The second-order valence-corrected chi connectivity index (χ2v) is 9.12. The third kappa shape index (κ3) is 5.86. The third-order valence-corrected chi connectivity index (χ3v) is 5.35. The normalized spacial score (nSPS) is 11.4. The van der Waals surface area contributed by atoms with E-state index in [1.807, 2.05) is 13.8 Å². The monoisotopic (exact) mass is 428 g/mol. The lowest BCUT2D eigenvalue weighted by molar-refractivity contribution is 0.00712. The van der Waals surface area contributed by atoms with Crippen molar-refractivity contribution in [2.75, 3.05) is 10.6 Å². The van der Waals surface area contributed by atoms with Crippen LogP contribution in [0.5, 0.6) is 0 Å². The van der Waals surface area contributed by atoms with Crippen molar-refractivity contribution >= 4 is 57.2 Å². The van der Waals surface area contributed by atoms with E-state index in [2.05, 4.69) is 10.6 Å². The zero-order chi connectivity index (χ0) is 20.4. The van der Waals surface area contributed by atoms with Gasteiger partial charge in [0.05, 0.1) is 21.3 Å². The van der Waals surface area contributed by atoms with Gasteiger partial charge in [-0.05, 0) is 44.9 Å². The molecule has 2 amide bonds. The molecule has 0 spiro atoms. The maximum absolute atomic E-state index is 12.5. The lowest BCUT2D eigenvalue weighted by Gasteiger charge is -2.19. The third-order valence-electron chi connectivity index (χ3n) is 3.37. The predicted molar refractivity (Wildman–Crippen MR) is 113 cm³/mol. The SMILES string of the molecule is CC(C)c1cc(C(=O)OC(C)(C)C)c(NC(=O)Nc2c(Cl)cccc2Cl)s1. The number of halogens is 2. The molecule has 0 aliphatic carbocycles. The summed E-state index contributed by atoms with van der Waals surface area (Å²) in [5, 5.41) is 6.37. The number of amides is 2. The van der Waals surface area contributed by atoms with Gasteiger partial charge in [-0.2, -0.15) is 0 Å². The number of carbonyl (C=O) groups is 2. The second kappa shape index (κ2) is 8.50. The van der Waals surface area contributed by atoms with E-state index in [4.69, 9.17) is 27.9 Å². The fraction of sp³-hybridized carbons (Fsp3) is 0.368. The number of carbonyl (C=O) groups excluding carboxylic acids is 2. The summed E-state index contributed by atoms with van der Waals surface area (Å²) in [6.07, 6.45) is 0. The van der Waals surface area contributed by atoms with Crippen LogP contribution in [0.2, 0.25) is 10.0 Å². The highest BCUT2D eigenvalue weighted by Crippen LogP contribution is 2.35. The van der Waals surface area contributed by atoms with Crippen molar-refractivity contribution < 1.29 is 14.3 Å². The number of rotatable bonds is 4. The van der Waals surface area contributed by atoms with Crippen LogP contribution < -0.4 is 10.6 Å². The van der Waals surface area contributed by atoms with Crippen LogP contribution in [-0.2, 0) is 4.74 Å². The lowest BCUT2D eigenvalue weighted by Crippen LogP contribution is -2.25. The number of thiophene rings is 1. The van der Waals surface area contributed by atoms with Gasteiger partial charge in [-0.1, -0.05) is 43.1 Å². The molecule has 27 heavy (non-hydrogen) atoms. The molecule has 0 bridgehead atoms. The van der Waals surface area contributed by atoms with Crippen molar-refractivity contribution in [3.63, 3.8) is 0 Å². The van der Waals surface area contributed by atoms with Crippen molar-refractivity contribution in [3.05, 3.63) is 44.8 Å². The van der Waals surface area contributed by atoms with Gasteiger partial charge in [0.25, 0.3) is 0 Å². The molecule has 0 saturated carbocycles. The van der Waals surface area contributed by atoms with Gasteiger partial charge in [0.1, 0.15) is 10.6 Å². The maximum Gasteiger partial charge on any atom is 0.341 e. The fourth-order valence-corrected chi connectivity index (χ4v) is 3.67. The first-order chi connectivity index (χ1) is 12.5. The molecule has 1 aromatic carbocycles. The minimum atomic E-state index is -0.637. The number of nitrogens with one attached hydrogen (secondary N) is 2. The van der Waals surface area contributed by atoms with Crippen LogP contribution in [0.1, 0.15) is 55.8 Å². The topological polar surface area (TPSA) is 67.4 Å². The first-order valence-electron chi connectivity index (χ1n) is 8.37. The molecule has 0 fully saturated rings. The van der Waals surface area contributed by atoms with Gasteiger partial charge in [-0.25, -0.2) is 9.59 Å². The summed E-state index contributed by atoms with van der Waals surface area (Å²) in [4.78, 5) is 25.9. The molecular formula is C19H22Cl2N2O3S. The van der Waals surface area contributed by atoms with Crippen LogP contribution in [0, 0.1) is 0 Å². The zero-order valence-corrected chi connectivity index (χ0v) is 18.1. The molecule has 146 valence electrons. The molecule has 2 aromatic rings. The van der Waals surface area contributed by atoms with Crippen molar-refractivity contribution in [2.24, 2.45) is 0 Å². The van der Waals surface area contributed by atoms with Crippen LogP contribution in [0.4, 0.5) is 15.5 Å². The Balaban J connectivity index is 2.26. The highest BCUT2D eigenvalue weighted by Gasteiger charge is 2.24. The first-order valence-corrected chi connectivity index (χ1v) is 9.94. The highest BCUT2D eigenvalue weighted by atomic mass is 35.5. The summed E-state index contributed by atoms with van der Waals surface area (Å²) in [5.74, 6) is -0.287. The van der Waals surface area contributed by atoms with E-state index in [0.717, 1.165) is 4.88 Å². The fourth-order valence-electron chi connectivity index (χ4n) is 2.14. The van der Waals surface area contributed by atoms with Crippen LogP contribution in [-0.4, -0.2) is 17.6 Å². The van der Waals surface area contributed by atoms with Gasteiger partial charge in [0.2, 0.25) is 0 Å². The van der Waals surface area contributed by atoms with E-state index < -0.39 is 17.6 Å². The van der Waals surface area contributed by atoms with Crippen LogP contribution >= 0.6 is 34.5 Å². The molecule has 0 unspecified atom stereocenters. The number of esters is 1. The van der Waals surface area contributed by atoms with Gasteiger partial charge in [-0.3, -0.25) is 5.32 Å². The van der Waals surface area contributed by atoms with Gasteiger partial charge >= 0.3 is 12.0 Å². The van der Waals surface area contributed by atoms with E-state index in [1.54, 1.807) is 45.0 Å². The standard InChI is InChI=1S/C19H22Cl2N2O3S/c1-10(2)14-9-11(17(24)26-19(3,4)5)16(27-14)23-18(25)22-15-12(20)7-6-8-13(15)21/h6-10H,1-5H3,(H2,22,23,25). The number of hydrogen-bond donors (Lipinski definition) is 2. The Kier molecular flexibility index (Phi) is 6.78. The summed E-state index contributed by atoms with van der Waals surface area (Å²) in [6, 6.07) is 6.13. The van der Waals surface area contributed by atoms with E-state index >= 15 is 0 Å². The molecular weight excluding hydrogens is 407 g/mol. The molecule has 0 radical (unpaired) electrons. The Morgan fingerprint density at radius 2 is 1.70 bits per heavy atom. The Labute approximate surface area is 173 Å². The van der Waals surface area contributed by atoms with Crippen molar-refractivity contribution in [3.8, 4) is 0 Å². The molecule has 5 nitrogen and oxygen atoms in total. The van der Waals surface area contributed by atoms with E-state index in [1.165, 1.54) is 11.3 Å². The molecule has 0 aliphatic heterocycles. The van der Waals surface area contributed by atoms with E-state index in [0.29, 0.717) is 26.3 Å².